The fraction of sp³-hybridized carbons (Fsp3) is 1.00. The van der Waals surface area contributed by atoms with Crippen molar-refractivity contribution in [1.82, 2.24) is 0 Å². The zero-order valence-electron chi connectivity index (χ0n) is 6.97. The summed E-state index contributed by atoms with van der Waals surface area (Å²) in [6, 6.07) is 0. The molecule has 0 radical (unpaired) electrons. The Hall–Kier alpha value is 0.680. The van der Waals surface area contributed by atoms with Crippen molar-refractivity contribution in [2.24, 2.45) is 0 Å². The molecule has 0 heterocycles. The molecule has 0 amide bonds. The summed E-state index contributed by atoms with van der Waals surface area (Å²) in [5, 5.41) is 0. The molecule has 2 N–H and O–H groups in total. The van der Waals surface area contributed by atoms with Crippen LogP contribution in [0.2, 0.25) is 0 Å². The molecule has 0 aliphatic rings. The minimum Gasteiger partial charge on any atom is -0.325 e. The Balaban J connectivity index is 3.82. The van der Waals surface area contributed by atoms with Gasteiger partial charge >= 0.3 is 6.72 Å². The Morgan fingerprint density at radius 1 is 1.67 bits per heavy atom. The first-order valence-electron chi connectivity index (χ1n) is 3.44. The Morgan fingerprint density at radius 2 is 2.17 bits per heavy atom. The number of hydrogen-bond donors (Lipinski definition) is 2. The van der Waals surface area contributed by atoms with Gasteiger partial charge < -0.3 is 14.3 Å². The molecular weight excluding hydrogens is 219 g/mol. The third-order valence-corrected chi connectivity index (χ3v) is 3.44. The highest BCUT2D eigenvalue weighted by Crippen LogP contribution is 2.37. The average Bonchev–Trinajstić information content (AvgIpc) is 1.82. The first-order valence-corrected chi connectivity index (χ1v) is 7.55. The van der Waals surface area contributed by atoms with Gasteiger partial charge in [-0.3, -0.25) is 4.21 Å². The topological polar surface area (TPSA) is 66.8 Å². The van der Waals surface area contributed by atoms with Crippen LogP contribution in [0.25, 0.3) is 0 Å². The highest BCUT2D eigenvalue weighted by Gasteiger charge is 2.15. The van der Waals surface area contributed by atoms with Gasteiger partial charge in [-0.05, 0) is 18.7 Å². The molecule has 0 fully saturated rings. The van der Waals surface area contributed by atoms with Gasteiger partial charge in [0.1, 0.15) is 0 Å². The molecule has 7 heteroatoms. The van der Waals surface area contributed by atoms with Gasteiger partial charge in [-0.15, -0.1) is 0 Å². The second-order valence-electron chi connectivity index (χ2n) is 2.30. The van der Waals surface area contributed by atoms with Crippen molar-refractivity contribution in [2.75, 3.05) is 11.5 Å². The zero-order chi connectivity index (χ0) is 9.78. The predicted molar refractivity (Wildman–Crippen MR) is 52.8 cm³/mol. The van der Waals surface area contributed by atoms with Crippen molar-refractivity contribution < 1.29 is 18.5 Å². The summed E-state index contributed by atoms with van der Waals surface area (Å²) in [4.78, 5) is 17.5. The van der Waals surface area contributed by atoms with E-state index in [2.05, 4.69) is 16.3 Å². The van der Waals surface area contributed by atoms with Crippen LogP contribution in [-0.4, -0.2) is 31.6 Å². The molecule has 0 aromatic rings. The van der Waals surface area contributed by atoms with Gasteiger partial charge in [0.05, 0.1) is 11.9 Å². The maximum absolute atomic E-state index is 11.0. The van der Waals surface area contributed by atoms with Crippen LogP contribution in [0.15, 0.2) is 0 Å². The molecule has 12 heavy (non-hydrogen) atoms. The van der Waals surface area contributed by atoms with Crippen molar-refractivity contribution in [3.63, 3.8) is 0 Å². The van der Waals surface area contributed by atoms with Gasteiger partial charge in [-0.1, -0.05) is 6.92 Å². The third-order valence-electron chi connectivity index (χ3n) is 1.06. The quantitative estimate of drug-likeness (QED) is 0.670. The van der Waals surface area contributed by atoms with Gasteiger partial charge in [-0.2, -0.15) is 0 Å². The third kappa shape index (κ3) is 7.34. The molecule has 0 aliphatic carbocycles. The molecule has 4 nitrogen and oxygen atoms in total. The van der Waals surface area contributed by atoms with Crippen molar-refractivity contribution in [3.8, 4) is 0 Å². The van der Waals surface area contributed by atoms with E-state index in [1.165, 1.54) is 0 Å². The fourth-order valence-corrected chi connectivity index (χ4v) is 2.56. The lowest BCUT2D eigenvalue weighted by Gasteiger charge is -2.14. The maximum Gasteiger partial charge on any atom is 0.322 e. The van der Waals surface area contributed by atoms with Crippen LogP contribution in [-0.2, 0) is 27.1 Å². The van der Waals surface area contributed by atoms with Crippen LogP contribution in [0.4, 0.5) is 0 Å². The van der Waals surface area contributed by atoms with Crippen molar-refractivity contribution in [2.45, 2.75) is 20.0 Å². The highest BCUT2D eigenvalue weighted by molar-refractivity contribution is 8.06. The smallest absolute Gasteiger partial charge is 0.322 e. The molecule has 0 aliphatic heterocycles. The largest absolute Gasteiger partial charge is 0.325 e. The van der Waals surface area contributed by atoms with E-state index in [1.54, 1.807) is 13.8 Å². The number of rotatable bonds is 5. The minimum atomic E-state index is -3.59. The van der Waals surface area contributed by atoms with Gasteiger partial charge in [-0.25, -0.2) is 0 Å². The van der Waals surface area contributed by atoms with E-state index in [0.717, 1.165) is 0 Å². The second-order valence-corrected chi connectivity index (χ2v) is 6.71. The Morgan fingerprint density at radius 3 is 2.50 bits per heavy atom. The first kappa shape index (κ1) is 12.7. The van der Waals surface area contributed by atoms with Crippen molar-refractivity contribution >= 4 is 29.3 Å². The Bertz CT molecular complexity index is 202. The van der Waals surface area contributed by atoms with E-state index in [4.69, 9.17) is 9.79 Å². The van der Waals surface area contributed by atoms with Crippen LogP contribution >= 0.6 is 6.72 Å². The lowest BCUT2D eigenvalue weighted by atomic mass is 10.5. The fourth-order valence-electron chi connectivity index (χ4n) is 0.644. The highest BCUT2D eigenvalue weighted by atomic mass is 32.5. The van der Waals surface area contributed by atoms with Gasteiger partial charge in [0, 0.05) is 16.6 Å². The van der Waals surface area contributed by atoms with Crippen LogP contribution in [0.5, 0.6) is 0 Å². The second kappa shape index (κ2) is 5.42. The standard InChI is InChI=1S/C5H13O4PS2/c1-3-12(8)4-5(2)9-10(6,7)11/h5H,3-4H2,1-2H3,(H2,6,7,11)/t5?,12-/m0/s1. The van der Waals surface area contributed by atoms with Gasteiger partial charge in [0.15, 0.2) is 0 Å². The summed E-state index contributed by atoms with van der Waals surface area (Å²) in [5.41, 5.74) is 0. The van der Waals surface area contributed by atoms with Gasteiger partial charge in [0.2, 0.25) is 0 Å². The molecule has 0 aromatic carbocycles. The summed E-state index contributed by atoms with van der Waals surface area (Å²) in [6.45, 7) is -0.189. The molecule has 74 valence electrons. The van der Waals surface area contributed by atoms with Crippen molar-refractivity contribution in [1.29, 1.82) is 0 Å². The molecule has 0 saturated carbocycles. The lowest BCUT2D eigenvalue weighted by Crippen LogP contribution is -2.16. The zero-order valence-corrected chi connectivity index (χ0v) is 9.49. The summed E-state index contributed by atoms with van der Waals surface area (Å²) < 4.78 is 15.6. The Kier molecular flexibility index (Phi) is 5.73. The van der Waals surface area contributed by atoms with E-state index < -0.39 is 23.6 Å². The molecule has 0 aromatic heterocycles. The summed E-state index contributed by atoms with van der Waals surface area (Å²) in [6.07, 6.45) is -0.466. The first-order chi connectivity index (χ1) is 5.35. The van der Waals surface area contributed by atoms with E-state index >= 15 is 0 Å². The predicted octanol–water partition coefficient (Wildman–Crippen LogP) is 0.369. The minimum absolute atomic E-state index is 0.288. The SMILES string of the molecule is CC[S@](=O)CC(C)OP(O)(O)=S. The molecule has 1 unspecified atom stereocenters. The summed E-state index contributed by atoms with van der Waals surface area (Å²) in [7, 11) is -0.968. The average molecular weight is 232 g/mol. The van der Waals surface area contributed by atoms with E-state index in [0.29, 0.717) is 5.75 Å². The summed E-state index contributed by atoms with van der Waals surface area (Å²) >= 11 is 4.25. The summed E-state index contributed by atoms with van der Waals surface area (Å²) in [5.74, 6) is 0.823. The number of hydrogen-bond acceptors (Lipinski definition) is 3. The molecule has 0 bridgehead atoms. The van der Waals surface area contributed by atoms with Crippen LogP contribution in [0.3, 0.4) is 0 Å². The Labute approximate surface area is 79.7 Å². The monoisotopic (exact) mass is 232 g/mol. The van der Waals surface area contributed by atoms with Crippen LogP contribution in [0, 0.1) is 0 Å². The maximum atomic E-state index is 11.0. The molecule has 0 rings (SSSR count). The van der Waals surface area contributed by atoms with E-state index in [-0.39, 0.29) is 5.75 Å². The molecule has 2 atom stereocenters. The van der Waals surface area contributed by atoms with Crippen LogP contribution < -0.4 is 0 Å². The van der Waals surface area contributed by atoms with E-state index in [9.17, 15) is 4.21 Å². The van der Waals surface area contributed by atoms with Crippen LogP contribution in [0.1, 0.15) is 13.8 Å². The molecule has 0 spiro atoms. The van der Waals surface area contributed by atoms with E-state index in [1.807, 2.05) is 0 Å². The molecule has 0 saturated heterocycles. The van der Waals surface area contributed by atoms with Gasteiger partial charge in [0.25, 0.3) is 0 Å². The molecular formula is C5H13O4PS2. The lowest BCUT2D eigenvalue weighted by molar-refractivity contribution is 0.201. The van der Waals surface area contributed by atoms with Crippen molar-refractivity contribution in [3.05, 3.63) is 0 Å². The normalized spacial score (nSPS) is 17.3.